The van der Waals surface area contributed by atoms with Crippen molar-refractivity contribution in [1.29, 1.82) is 0 Å². The zero-order valence-corrected chi connectivity index (χ0v) is 21.1. The first-order chi connectivity index (χ1) is 15.7. The Balaban J connectivity index is 1.58. The van der Waals surface area contributed by atoms with Gasteiger partial charge in [-0.25, -0.2) is 9.78 Å². The van der Waals surface area contributed by atoms with Gasteiger partial charge < -0.3 is 19.4 Å². The Morgan fingerprint density at radius 2 is 2.00 bits per heavy atom. The van der Waals surface area contributed by atoms with Gasteiger partial charge in [0.05, 0.1) is 18.1 Å². The van der Waals surface area contributed by atoms with Gasteiger partial charge in [0.1, 0.15) is 10.6 Å². The van der Waals surface area contributed by atoms with Crippen molar-refractivity contribution < 1.29 is 19.1 Å². The van der Waals surface area contributed by atoms with Gasteiger partial charge in [0.15, 0.2) is 22.2 Å². The van der Waals surface area contributed by atoms with Crippen molar-refractivity contribution in [2.24, 2.45) is 7.05 Å². The molecule has 0 bridgehead atoms. The van der Waals surface area contributed by atoms with E-state index in [0.29, 0.717) is 26.7 Å². The van der Waals surface area contributed by atoms with Crippen LogP contribution in [0.2, 0.25) is 0 Å². The molecule has 3 aromatic rings. The molecule has 1 aromatic carbocycles. The molecule has 0 fully saturated rings. The van der Waals surface area contributed by atoms with Crippen LogP contribution in [0.15, 0.2) is 23.4 Å². The summed E-state index contributed by atoms with van der Waals surface area (Å²) in [6, 6.07) is 6.02. The number of nitrogens with zero attached hydrogens (tertiary/aromatic N) is 4. The molecule has 2 aromatic heterocycles. The summed E-state index contributed by atoms with van der Waals surface area (Å²) in [5.74, 6) is 0.878. The highest BCUT2D eigenvalue weighted by Crippen LogP contribution is 2.27. The second-order valence-corrected chi connectivity index (χ2v) is 9.36. The second-order valence-electron chi connectivity index (χ2n) is 7.42. The van der Waals surface area contributed by atoms with E-state index in [4.69, 9.17) is 9.47 Å². The first kappa shape index (κ1) is 24.7. The minimum Gasteiger partial charge on any atom is -0.482 e. The van der Waals surface area contributed by atoms with E-state index in [1.54, 1.807) is 13.8 Å². The van der Waals surface area contributed by atoms with Crippen LogP contribution in [0.5, 0.6) is 5.75 Å². The van der Waals surface area contributed by atoms with Crippen molar-refractivity contribution in [3.63, 3.8) is 0 Å². The highest BCUT2D eigenvalue weighted by molar-refractivity contribution is 7.99. The van der Waals surface area contributed by atoms with Crippen LogP contribution < -0.4 is 10.1 Å². The van der Waals surface area contributed by atoms with Gasteiger partial charge >= 0.3 is 5.97 Å². The number of carbonyl (C=O) groups excluding carboxylic acids is 2. The number of aromatic nitrogens is 4. The topological polar surface area (TPSA) is 108 Å². The van der Waals surface area contributed by atoms with E-state index in [1.165, 1.54) is 17.3 Å². The smallest absolute Gasteiger partial charge is 0.350 e. The van der Waals surface area contributed by atoms with Crippen molar-refractivity contribution in [2.45, 2.75) is 45.9 Å². The van der Waals surface area contributed by atoms with Crippen LogP contribution in [-0.4, -0.2) is 44.0 Å². The molecule has 11 heteroatoms. The fourth-order valence-electron chi connectivity index (χ4n) is 3.10. The lowest BCUT2D eigenvalue weighted by Gasteiger charge is -2.16. The van der Waals surface area contributed by atoms with E-state index >= 15 is 0 Å². The van der Waals surface area contributed by atoms with E-state index in [-0.39, 0.29) is 24.4 Å². The monoisotopic (exact) mass is 489 g/mol. The first-order valence-electron chi connectivity index (χ1n) is 10.4. The summed E-state index contributed by atoms with van der Waals surface area (Å²) in [6.07, 6.45) is -0.313. The second kappa shape index (κ2) is 10.8. The minimum atomic E-state index is -0.439. The average molecular weight is 490 g/mol. The molecule has 1 amide bonds. The van der Waals surface area contributed by atoms with Gasteiger partial charge in [0.25, 0.3) is 0 Å². The molecule has 0 saturated carbocycles. The van der Waals surface area contributed by atoms with Crippen molar-refractivity contribution in [3.8, 4) is 5.75 Å². The molecule has 176 valence electrons. The number of ether oxygens (including phenoxy) is 2. The number of thioether (sulfide) groups is 1. The lowest BCUT2D eigenvalue weighted by atomic mass is 10.1. The number of benzene rings is 1. The number of thiazole rings is 1. The molecule has 2 heterocycles. The Labute approximate surface area is 200 Å². The maximum absolute atomic E-state index is 12.4. The molecule has 1 unspecified atom stereocenters. The standard InChI is InChI=1S/C22H27N5O4S2/c1-7-30-20(29)18-14(4)23-21(33-18)24-17(28)11-32-22-26-25-19(27(22)6)15(5)31-16-9-8-12(2)10-13(16)3/h8-10,15H,7,11H2,1-6H3,(H,23,24,28). The number of anilines is 1. The normalized spacial score (nSPS) is 11.8. The Kier molecular flexibility index (Phi) is 8.09. The van der Waals surface area contributed by atoms with Crippen LogP contribution in [0, 0.1) is 20.8 Å². The first-order valence-corrected chi connectivity index (χ1v) is 12.2. The third kappa shape index (κ3) is 6.11. The van der Waals surface area contributed by atoms with E-state index < -0.39 is 5.97 Å². The van der Waals surface area contributed by atoms with Crippen LogP contribution in [0.4, 0.5) is 5.13 Å². The number of hydrogen-bond acceptors (Lipinski definition) is 9. The molecule has 3 rings (SSSR count). The van der Waals surface area contributed by atoms with Crippen LogP contribution in [0.1, 0.15) is 52.3 Å². The Morgan fingerprint density at radius 3 is 2.70 bits per heavy atom. The predicted molar refractivity (Wildman–Crippen MR) is 128 cm³/mol. The zero-order chi connectivity index (χ0) is 24.1. The summed E-state index contributed by atoms with van der Waals surface area (Å²) in [6.45, 7) is 9.68. The lowest BCUT2D eigenvalue weighted by Crippen LogP contribution is -2.14. The molecule has 0 aliphatic rings. The van der Waals surface area contributed by atoms with Gasteiger partial charge in [-0.1, -0.05) is 40.8 Å². The number of esters is 1. The van der Waals surface area contributed by atoms with Crippen molar-refractivity contribution in [2.75, 3.05) is 17.7 Å². The maximum atomic E-state index is 12.4. The number of aryl methyl sites for hydroxylation is 3. The number of rotatable bonds is 9. The summed E-state index contributed by atoms with van der Waals surface area (Å²) in [4.78, 5) is 28.9. The van der Waals surface area contributed by atoms with Crippen molar-refractivity contribution in [1.82, 2.24) is 19.7 Å². The van der Waals surface area contributed by atoms with Crippen LogP contribution in [0.25, 0.3) is 0 Å². The largest absolute Gasteiger partial charge is 0.482 e. The van der Waals surface area contributed by atoms with Gasteiger partial charge in [-0.05, 0) is 46.2 Å². The molecule has 0 radical (unpaired) electrons. The summed E-state index contributed by atoms with van der Waals surface area (Å²) < 4.78 is 12.9. The molecule has 9 nitrogen and oxygen atoms in total. The third-order valence-electron chi connectivity index (χ3n) is 4.70. The lowest BCUT2D eigenvalue weighted by molar-refractivity contribution is -0.113. The maximum Gasteiger partial charge on any atom is 0.350 e. The Morgan fingerprint density at radius 1 is 1.24 bits per heavy atom. The van der Waals surface area contributed by atoms with E-state index in [9.17, 15) is 9.59 Å². The fraction of sp³-hybridized carbons (Fsp3) is 0.409. The molecule has 1 N–H and O–H groups in total. The number of carbonyl (C=O) groups is 2. The molecule has 1 atom stereocenters. The molecule has 33 heavy (non-hydrogen) atoms. The molecular formula is C22H27N5O4S2. The summed E-state index contributed by atoms with van der Waals surface area (Å²) in [7, 11) is 1.84. The average Bonchev–Trinajstić information content (AvgIpc) is 3.30. The summed E-state index contributed by atoms with van der Waals surface area (Å²) >= 11 is 2.35. The van der Waals surface area contributed by atoms with Crippen molar-refractivity contribution >= 4 is 40.1 Å². The number of amides is 1. The van der Waals surface area contributed by atoms with Gasteiger partial charge in [-0.3, -0.25) is 4.79 Å². The van der Waals surface area contributed by atoms with Gasteiger partial charge in [0.2, 0.25) is 5.91 Å². The summed E-state index contributed by atoms with van der Waals surface area (Å²) in [5.41, 5.74) is 2.75. The highest BCUT2D eigenvalue weighted by atomic mass is 32.2. The SMILES string of the molecule is CCOC(=O)c1sc(NC(=O)CSc2nnc(C(C)Oc3ccc(C)cc3C)n2C)nc1C. The fourth-order valence-corrected chi connectivity index (χ4v) is 4.70. The van der Waals surface area contributed by atoms with E-state index in [1.807, 2.05) is 44.5 Å². The molecule has 0 saturated heterocycles. The van der Waals surface area contributed by atoms with Gasteiger partial charge in [0, 0.05) is 7.05 Å². The highest BCUT2D eigenvalue weighted by Gasteiger charge is 2.20. The quantitative estimate of drug-likeness (QED) is 0.351. The molecule has 0 spiro atoms. The van der Waals surface area contributed by atoms with Crippen LogP contribution in [-0.2, 0) is 16.6 Å². The zero-order valence-electron chi connectivity index (χ0n) is 19.5. The van der Waals surface area contributed by atoms with E-state index in [2.05, 4.69) is 26.6 Å². The van der Waals surface area contributed by atoms with Crippen molar-refractivity contribution in [3.05, 3.63) is 45.7 Å². The molecule has 0 aliphatic heterocycles. The predicted octanol–water partition coefficient (Wildman–Crippen LogP) is 4.24. The van der Waals surface area contributed by atoms with Gasteiger partial charge in [-0.2, -0.15) is 0 Å². The van der Waals surface area contributed by atoms with Crippen LogP contribution in [0.3, 0.4) is 0 Å². The summed E-state index contributed by atoms with van der Waals surface area (Å²) in [5, 5.41) is 12.1. The third-order valence-corrected chi connectivity index (χ3v) is 6.78. The number of hydrogen-bond donors (Lipinski definition) is 1. The number of nitrogens with one attached hydrogen (secondary N) is 1. The Hall–Kier alpha value is -2.92. The van der Waals surface area contributed by atoms with E-state index in [0.717, 1.165) is 22.6 Å². The Bertz CT molecular complexity index is 1160. The van der Waals surface area contributed by atoms with Gasteiger partial charge in [-0.15, -0.1) is 10.2 Å². The minimum absolute atomic E-state index is 0.117. The van der Waals surface area contributed by atoms with Crippen LogP contribution >= 0.6 is 23.1 Å². The molecule has 0 aliphatic carbocycles. The molecular weight excluding hydrogens is 462 g/mol.